The van der Waals surface area contributed by atoms with Gasteiger partial charge >= 0.3 is 14.3 Å². The minimum atomic E-state index is -2.55. The molecule has 10 heteroatoms. The van der Waals surface area contributed by atoms with Gasteiger partial charge in [-0.2, -0.15) is 0 Å². The van der Waals surface area contributed by atoms with Gasteiger partial charge in [-0.05, 0) is 11.7 Å². The molecule has 1 fully saturated rings. The Morgan fingerprint density at radius 1 is 1.33 bits per heavy atom. The van der Waals surface area contributed by atoms with E-state index in [4.69, 9.17) is 13.3 Å². The van der Waals surface area contributed by atoms with E-state index in [-0.39, 0.29) is 12.7 Å². The molecule has 1 aliphatic rings. The molecule has 1 aliphatic heterocycles. The monoisotopic (exact) mass is 408 g/mol. The van der Waals surface area contributed by atoms with Crippen LogP contribution in [-0.4, -0.2) is 51.8 Å². The quantitative estimate of drug-likeness (QED) is 0.589. The summed E-state index contributed by atoms with van der Waals surface area (Å²) in [6.45, 7) is 4.33. The number of H-pyrrole nitrogens is 1. The van der Waals surface area contributed by atoms with Crippen LogP contribution >= 0.6 is 0 Å². The molecule has 27 heavy (non-hydrogen) atoms. The zero-order valence-corrected chi connectivity index (χ0v) is 17.7. The van der Waals surface area contributed by atoms with Crippen molar-refractivity contribution in [2.75, 3.05) is 6.61 Å². The molecule has 146 valence electrons. The normalized spacial score (nSPS) is 25.1. The maximum absolute atomic E-state index is 11.9. The molecule has 2 N–H and O–H groups in total. The fourth-order valence-corrected chi connectivity index (χ4v) is 7.86. The highest BCUT2D eigenvalue weighted by Gasteiger charge is 2.39. The predicted octanol–water partition coefficient (Wildman–Crippen LogP) is -0.671. The summed E-state index contributed by atoms with van der Waals surface area (Å²) in [6.07, 6.45) is -0.435. The summed E-state index contributed by atoms with van der Waals surface area (Å²) in [5, 5.41) is 11.4. The molecule has 3 rings (SSSR count). The molecule has 0 bridgehead atoms. The fraction of sp³-hybridized carbons (Fsp3) is 0.412. The zero-order valence-electron chi connectivity index (χ0n) is 15.3. The second-order valence-corrected chi connectivity index (χ2v) is 11.0. The van der Waals surface area contributed by atoms with Gasteiger partial charge in [0.1, 0.15) is 15.9 Å². The standard InChI is InChI=1S/C17H24N2O6Si2/c1-26-25-27(2,13-6-4-3-5-7-13)23-11-12-10-14(20)16(24-12)19-9-8-15(21)18-17(19)22/h3-9,12,14,16,20H,10-11,26H2,1-2H3,(H,18,21,22). The topological polar surface area (TPSA) is 103 Å². The third kappa shape index (κ3) is 4.54. The van der Waals surface area contributed by atoms with Crippen molar-refractivity contribution in [1.29, 1.82) is 0 Å². The molecule has 1 aromatic heterocycles. The molecule has 8 nitrogen and oxygen atoms in total. The maximum atomic E-state index is 11.9. The van der Waals surface area contributed by atoms with Gasteiger partial charge < -0.3 is 18.4 Å². The highest BCUT2D eigenvalue weighted by molar-refractivity contribution is 6.82. The molecule has 2 aromatic rings. The van der Waals surface area contributed by atoms with Crippen LogP contribution in [0.15, 0.2) is 52.2 Å². The number of aliphatic hydroxyl groups excluding tert-OH is 1. The first-order valence-electron chi connectivity index (χ1n) is 8.91. The number of aromatic amines is 1. The van der Waals surface area contributed by atoms with Crippen LogP contribution in [0.2, 0.25) is 13.1 Å². The first-order valence-corrected chi connectivity index (χ1v) is 13.2. The molecule has 4 atom stereocenters. The molecule has 4 unspecified atom stereocenters. The number of nitrogens with zero attached hydrogens (tertiary/aromatic N) is 1. The highest BCUT2D eigenvalue weighted by Crippen LogP contribution is 2.28. The van der Waals surface area contributed by atoms with E-state index in [1.165, 1.54) is 16.8 Å². The van der Waals surface area contributed by atoms with Crippen molar-refractivity contribution >= 4 is 23.5 Å². The van der Waals surface area contributed by atoms with Crippen molar-refractivity contribution in [3.63, 3.8) is 0 Å². The van der Waals surface area contributed by atoms with Crippen molar-refractivity contribution in [2.45, 2.75) is 38.0 Å². The van der Waals surface area contributed by atoms with Gasteiger partial charge in [0, 0.05) is 18.7 Å². The van der Waals surface area contributed by atoms with Gasteiger partial charge in [0.25, 0.3) is 5.56 Å². The lowest BCUT2D eigenvalue weighted by Crippen LogP contribution is -2.52. The van der Waals surface area contributed by atoms with Gasteiger partial charge in [0.2, 0.25) is 0 Å². The molecule has 1 aromatic carbocycles. The van der Waals surface area contributed by atoms with Crippen LogP contribution in [0, 0.1) is 0 Å². The number of rotatable bonds is 7. The molecule has 0 aliphatic carbocycles. The minimum Gasteiger partial charge on any atom is -0.439 e. The lowest BCUT2D eigenvalue weighted by molar-refractivity contribution is -0.0522. The third-order valence-corrected chi connectivity index (χ3v) is 10.0. The van der Waals surface area contributed by atoms with E-state index in [0.717, 1.165) is 5.19 Å². The van der Waals surface area contributed by atoms with E-state index in [2.05, 4.69) is 11.5 Å². The highest BCUT2D eigenvalue weighted by atomic mass is 28.4. The van der Waals surface area contributed by atoms with Gasteiger partial charge in [-0.15, -0.1) is 0 Å². The molecular formula is C17H24N2O6Si2. The van der Waals surface area contributed by atoms with E-state index in [9.17, 15) is 14.7 Å². The van der Waals surface area contributed by atoms with Crippen molar-refractivity contribution in [3.8, 4) is 0 Å². The minimum absolute atomic E-state index is 0.262. The lowest BCUT2D eigenvalue weighted by Gasteiger charge is -2.28. The van der Waals surface area contributed by atoms with Gasteiger partial charge in [0.05, 0.1) is 12.7 Å². The summed E-state index contributed by atoms with van der Waals surface area (Å²) in [5.74, 6) is 0. The molecule has 0 spiro atoms. The van der Waals surface area contributed by atoms with Crippen LogP contribution < -0.4 is 16.4 Å². The number of hydrogen-bond acceptors (Lipinski definition) is 6. The maximum Gasteiger partial charge on any atom is 0.358 e. The second-order valence-electron chi connectivity index (χ2n) is 6.52. The average Bonchev–Trinajstić information content (AvgIpc) is 3.02. The number of aliphatic hydroxyl groups is 1. The number of benzene rings is 1. The number of hydrogen-bond donors (Lipinski definition) is 2. The Morgan fingerprint density at radius 2 is 2.07 bits per heavy atom. The summed E-state index contributed by atoms with van der Waals surface area (Å²) >= 11 is 0. The molecule has 0 amide bonds. The summed E-state index contributed by atoms with van der Waals surface area (Å²) in [5.41, 5.74) is -1.11. The summed E-state index contributed by atoms with van der Waals surface area (Å²) in [6, 6.07) is 11.1. The summed E-state index contributed by atoms with van der Waals surface area (Å²) in [4.78, 5) is 25.3. The van der Waals surface area contributed by atoms with Crippen LogP contribution in [0.25, 0.3) is 0 Å². The number of aromatic nitrogens is 2. The summed E-state index contributed by atoms with van der Waals surface area (Å²) < 4.78 is 19.3. The number of nitrogens with one attached hydrogen (secondary N) is 1. The number of ether oxygens (including phenoxy) is 1. The Bertz CT molecular complexity index is 873. The Hall–Kier alpha value is -1.83. The molecule has 0 radical (unpaired) electrons. The molecule has 0 saturated carbocycles. The SMILES string of the molecule is C[SiH2]O[Si](C)(OCC1CC(O)C(n2ccc(=O)[nH]c2=O)O1)c1ccccc1. The van der Waals surface area contributed by atoms with Crippen LogP contribution in [0.5, 0.6) is 0 Å². The zero-order chi connectivity index (χ0) is 19.4. The Labute approximate surface area is 159 Å². The second kappa shape index (κ2) is 8.46. The Morgan fingerprint density at radius 3 is 2.74 bits per heavy atom. The summed E-state index contributed by atoms with van der Waals surface area (Å²) in [7, 11) is -3.23. The van der Waals surface area contributed by atoms with Crippen molar-refractivity contribution < 1.29 is 18.4 Å². The van der Waals surface area contributed by atoms with E-state index in [0.29, 0.717) is 6.42 Å². The third-order valence-electron chi connectivity index (χ3n) is 4.55. The van der Waals surface area contributed by atoms with Gasteiger partial charge in [-0.1, -0.05) is 36.9 Å². The lowest BCUT2D eigenvalue weighted by atomic mass is 10.2. The molecule has 2 heterocycles. The average molecular weight is 409 g/mol. The Kier molecular flexibility index (Phi) is 6.24. The van der Waals surface area contributed by atoms with Crippen molar-refractivity contribution in [2.24, 2.45) is 0 Å². The van der Waals surface area contributed by atoms with Crippen molar-refractivity contribution in [1.82, 2.24) is 9.55 Å². The smallest absolute Gasteiger partial charge is 0.358 e. The van der Waals surface area contributed by atoms with E-state index in [1.807, 2.05) is 36.9 Å². The van der Waals surface area contributed by atoms with Gasteiger partial charge in [-0.3, -0.25) is 14.3 Å². The van der Waals surface area contributed by atoms with Crippen LogP contribution in [0.3, 0.4) is 0 Å². The van der Waals surface area contributed by atoms with E-state index < -0.39 is 41.9 Å². The van der Waals surface area contributed by atoms with Gasteiger partial charge in [0.15, 0.2) is 6.23 Å². The Balaban J connectivity index is 1.69. The first-order chi connectivity index (χ1) is 12.9. The van der Waals surface area contributed by atoms with Gasteiger partial charge in [-0.25, -0.2) is 4.79 Å². The van der Waals surface area contributed by atoms with E-state index in [1.54, 1.807) is 0 Å². The molecular weight excluding hydrogens is 384 g/mol. The van der Waals surface area contributed by atoms with Crippen molar-refractivity contribution in [3.05, 3.63) is 63.4 Å². The first kappa shape index (κ1) is 19.9. The van der Waals surface area contributed by atoms with Crippen LogP contribution in [0.1, 0.15) is 12.6 Å². The fourth-order valence-electron chi connectivity index (χ4n) is 3.19. The predicted molar refractivity (Wildman–Crippen MR) is 105 cm³/mol. The van der Waals surface area contributed by atoms with Crippen LogP contribution in [-0.2, 0) is 13.3 Å². The molecule has 1 saturated heterocycles. The van der Waals surface area contributed by atoms with Crippen LogP contribution in [0.4, 0.5) is 0 Å². The largest absolute Gasteiger partial charge is 0.439 e. The van der Waals surface area contributed by atoms with E-state index >= 15 is 0 Å².